The lowest BCUT2D eigenvalue weighted by Crippen LogP contribution is -2.07. The lowest BCUT2D eigenvalue weighted by molar-refractivity contribution is -0.138. The van der Waals surface area contributed by atoms with Gasteiger partial charge in [-0.1, -0.05) is 18.3 Å². The molecule has 0 radical (unpaired) electrons. The number of nitrogens with zero attached hydrogens (tertiary/aromatic N) is 2. The Morgan fingerprint density at radius 3 is 2.62 bits per heavy atom. The Morgan fingerprint density at radius 2 is 2.12 bits per heavy atom. The van der Waals surface area contributed by atoms with E-state index >= 15 is 0 Å². The van der Waals surface area contributed by atoms with Crippen LogP contribution < -0.4 is 5.32 Å². The molecule has 0 aliphatic rings. The third kappa shape index (κ3) is 4.17. The van der Waals surface area contributed by atoms with Crippen LogP contribution in [0.4, 0.5) is 18.3 Å². The van der Waals surface area contributed by atoms with E-state index in [2.05, 4.69) is 22.4 Å². The molecule has 0 aromatic carbocycles. The van der Waals surface area contributed by atoms with E-state index in [1.165, 1.54) is 0 Å². The van der Waals surface area contributed by atoms with Crippen LogP contribution in [0.3, 0.4) is 0 Å². The predicted molar refractivity (Wildman–Crippen MR) is 61.0 cm³/mol. The summed E-state index contributed by atoms with van der Waals surface area (Å²) in [5.41, 5.74) is 0. The van der Waals surface area contributed by atoms with Crippen LogP contribution in [0.5, 0.6) is 0 Å². The molecule has 8 heteroatoms. The Balaban J connectivity index is 2.41. The Kier molecular flexibility index (Phi) is 4.85. The second-order valence-electron chi connectivity index (χ2n) is 3.17. The normalized spacial score (nSPS) is 13.8. The largest absolute Gasteiger partial charge is 0.445 e. The molecule has 3 nitrogen and oxygen atoms in total. The average molecular weight is 271 g/mol. The summed E-state index contributed by atoms with van der Waals surface area (Å²) >= 11 is 2.25. The maximum Gasteiger partial charge on any atom is 0.445 e. The summed E-state index contributed by atoms with van der Waals surface area (Å²) in [6.07, 6.45) is -1.52. The third-order valence-electron chi connectivity index (χ3n) is 1.90. The molecule has 1 rings (SSSR count). The molecule has 1 unspecified atom stereocenters. The minimum atomic E-state index is -4.40. The molecule has 92 valence electrons. The van der Waals surface area contributed by atoms with Gasteiger partial charge in [0.1, 0.15) is 0 Å². The van der Waals surface area contributed by atoms with E-state index in [9.17, 15) is 13.2 Å². The summed E-state index contributed by atoms with van der Waals surface area (Å²) in [4.78, 5) is 0. The molecule has 0 aliphatic carbocycles. The highest BCUT2D eigenvalue weighted by atomic mass is 32.2. The molecule has 0 amide bonds. The molecular formula is C8H12F3N3S2. The zero-order valence-corrected chi connectivity index (χ0v) is 10.5. The summed E-state index contributed by atoms with van der Waals surface area (Å²) in [6, 6.07) is 0. The van der Waals surface area contributed by atoms with Gasteiger partial charge in [0.15, 0.2) is 0 Å². The van der Waals surface area contributed by atoms with Gasteiger partial charge in [0, 0.05) is 11.8 Å². The Labute approximate surface area is 99.8 Å². The van der Waals surface area contributed by atoms with Gasteiger partial charge in [-0.15, -0.1) is 10.2 Å². The number of aromatic nitrogens is 2. The summed E-state index contributed by atoms with van der Waals surface area (Å²) < 4.78 is 36.5. The number of hydrogen-bond donors (Lipinski definition) is 1. The van der Waals surface area contributed by atoms with Crippen LogP contribution in [-0.2, 0) is 6.18 Å². The quantitative estimate of drug-likeness (QED) is 0.893. The van der Waals surface area contributed by atoms with Crippen molar-refractivity contribution < 1.29 is 13.2 Å². The molecule has 0 saturated heterocycles. The maximum atomic E-state index is 12.2. The molecule has 0 aliphatic heterocycles. The highest BCUT2D eigenvalue weighted by Gasteiger charge is 2.35. The molecule has 1 aromatic rings. The number of nitrogens with one attached hydrogen (secondary N) is 1. The summed E-state index contributed by atoms with van der Waals surface area (Å²) in [6.45, 7) is 2.67. The highest BCUT2D eigenvalue weighted by molar-refractivity contribution is 7.99. The first-order valence-electron chi connectivity index (χ1n) is 4.61. The smallest absolute Gasteiger partial charge is 0.360 e. The summed E-state index contributed by atoms with van der Waals surface area (Å²) in [7, 11) is 0. The second kappa shape index (κ2) is 5.72. The van der Waals surface area contributed by atoms with Gasteiger partial charge in [-0.3, -0.25) is 0 Å². The topological polar surface area (TPSA) is 37.8 Å². The molecule has 1 atom stereocenters. The SMILES string of the molecule is CSC(C)CCNc1nnc(C(F)(F)F)s1. The molecule has 1 N–H and O–H groups in total. The van der Waals surface area contributed by atoms with Gasteiger partial charge < -0.3 is 5.32 Å². The molecule has 0 bridgehead atoms. The fourth-order valence-corrected chi connectivity index (χ4v) is 1.90. The van der Waals surface area contributed by atoms with Crippen molar-refractivity contribution in [2.24, 2.45) is 0 Å². The van der Waals surface area contributed by atoms with E-state index in [0.29, 0.717) is 23.1 Å². The highest BCUT2D eigenvalue weighted by Crippen LogP contribution is 2.32. The van der Waals surface area contributed by atoms with E-state index in [1.807, 2.05) is 6.26 Å². The molecule has 1 aromatic heterocycles. The molecular weight excluding hydrogens is 259 g/mol. The Morgan fingerprint density at radius 1 is 1.44 bits per heavy atom. The van der Waals surface area contributed by atoms with Crippen LogP contribution in [0.1, 0.15) is 18.4 Å². The van der Waals surface area contributed by atoms with Gasteiger partial charge in [0.2, 0.25) is 10.1 Å². The number of anilines is 1. The van der Waals surface area contributed by atoms with Crippen molar-refractivity contribution in [2.45, 2.75) is 24.8 Å². The number of hydrogen-bond acceptors (Lipinski definition) is 5. The van der Waals surface area contributed by atoms with Crippen molar-refractivity contribution in [2.75, 3.05) is 18.1 Å². The van der Waals surface area contributed by atoms with Crippen molar-refractivity contribution in [1.82, 2.24) is 10.2 Å². The van der Waals surface area contributed by atoms with E-state index in [-0.39, 0.29) is 5.13 Å². The number of rotatable bonds is 5. The lowest BCUT2D eigenvalue weighted by atomic mass is 10.3. The monoisotopic (exact) mass is 271 g/mol. The Hall–Kier alpha value is -0.500. The standard InChI is InChI=1S/C8H12F3N3S2/c1-5(15-2)3-4-12-7-14-13-6(16-7)8(9,10)11/h5H,3-4H2,1-2H3,(H,12,14). The summed E-state index contributed by atoms with van der Waals surface area (Å²) in [5.74, 6) is 0. The first kappa shape index (κ1) is 13.6. The van der Waals surface area contributed by atoms with Crippen molar-refractivity contribution in [1.29, 1.82) is 0 Å². The number of thioether (sulfide) groups is 1. The molecule has 0 fully saturated rings. The zero-order valence-electron chi connectivity index (χ0n) is 8.84. The average Bonchev–Trinajstić information content (AvgIpc) is 2.65. The number of alkyl halides is 3. The van der Waals surface area contributed by atoms with Gasteiger partial charge in [0.05, 0.1) is 0 Å². The van der Waals surface area contributed by atoms with Crippen LogP contribution in [0.25, 0.3) is 0 Å². The molecule has 0 saturated carbocycles. The molecule has 1 heterocycles. The fraction of sp³-hybridized carbons (Fsp3) is 0.750. The summed E-state index contributed by atoms with van der Waals surface area (Å²) in [5, 5.41) is 9.14. The molecule has 16 heavy (non-hydrogen) atoms. The first-order chi connectivity index (χ1) is 7.43. The van der Waals surface area contributed by atoms with Crippen molar-refractivity contribution in [3.63, 3.8) is 0 Å². The van der Waals surface area contributed by atoms with Crippen molar-refractivity contribution >= 4 is 28.2 Å². The fourth-order valence-electron chi connectivity index (χ4n) is 0.909. The zero-order chi connectivity index (χ0) is 12.2. The van der Waals surface area contributed by atoms with Crippen LogP contribution in [0.15, 0.2) is 0 Å². The van der Waals surface area contributed by atoms with E-state index in [0.717, 1.165) is 6.42 Å². The van der Waals surface area contributed by atoms with Gasteiger partial charge in [-0.2, -0.15) is 24.9 Å². The van der Waals surface area contributed by atoms with Crippen LogP contribution in [0, 0.1) is 0 Å². The van der Waals surface area contributed by atoms with Gasteiger partial charge in [0.25, 0.3) is 0 Å². The van der Waals surface area contributed by atoms with E-state index in [4.69, 9.17) is 0 Å². The second-order valence-corrected chi connectivity index (χ2v) is 5.43. The van der Waals surface area contributed by atoms with Gasteiger partial charge in [-0.05, 0) is 12.7 Å². The predicted octanol–water partition coefficient (Wildman–Crippen LogP) is 3.11. The van der Waals surface area contributed by atoms with Gasteiger partial charge in [-0.25, -0.2) is 0 Å². The van der Waals surface area contributed by atoms with Crippen molar-refractivity contribution in [3.8, 4) is 0 Å². The van der Waals surface area contributed by atoms with E-state index < -0.39 is 11.2 Å². The lowest BCUT2D eigenvalue weighted by Gasteiger charge is -2.07. The van der Waals surface area contributed by atoms with Crippen LogP contribution in [0.2, 0.25) is 0 Å². The number of halogens is 3. The molecule has 0 spiro atoms. The van der Waals surface area contributed by atoms with E-state index in [1.54, 1.807) is 11.8 Å². The van der Waals surface area contributed by atoms with Crippen molar-refractivity contribution in [3.05, 3.63) is 5.01 Å². The maximum absolute atomic E-state index is 12.2. The first-order valence-corrected chi connectivity index (χ1v) is 6.71. The van der Waals surface area contributed by atoms with Crippen LogP contribution in [-0.4, -0.2) is 28.2 Å². The van der Waals surface area contributed by atoms with Crippen LogP contribution >= 0.6 is 23.1 Å². The minimum absolute atomic E-state index is 0.223. The minimum Gasteiger partial charge on any atom is -0.360 e. The third-order valence-corrected chi connectivity index (χ3v) is 3.86. The van der Waals surface area contributed by atoms with Gasteiger partial charge >= 0.3 is 6.18 Å². The Bertz CT molecular complexity index is 327.